The summed E-state index contributed by atoms with van der Waals surface area (Å²) in [6.45, 7) is 1.85. The van der Waals surface area contributed by atoms with Gasteiger partial charge in [0.1, 0.15) is 12.4 Å². The molecule has 2 aromatic carbocycles. The highest BCUT2D eigenvalue weighted by molar-refractivity contribution is 9.09. The first-order valence-electron chi connectivity index (χ1n) is 6.92. The van der Waals surface area contributed by atoms with E-state index in [4.69, 9.17) is 4.74 Å². The van der Waals surface area contributed by atoms with Crippen molar-refractivity contribution in [3.63, 3.8) is 0 Å². The number of aliphatic hydroxyl groups excluding tert-OH is 1. The molecule has 0 aliphatic carbocycles. The molecule has 0 aromatic heterocycles. The average Bonchev–Trinajstić information content (AvgIpc) is 2.53. The Balaban J connectivity index is 2.19. The number of benzene rings is 2. The van der Waals surface area contributed by atoms with E-state index in [-0.39, 0.29) is 5.91 Å². The number of carbonyl (C=O) groups excluding carboxylic acids is 1. The molecule has 2 aromatic rings. The number of aliphatic hydroxyl groups is 1. The predicted molar refractivity (Wildman–Crippen MR) is 90.3 cm³/mol. The largest absolute Gasteiger partial charge is 0.487 e. The van der Waals surface area contributed by atoms with Gasteiger partial charge in [0.25, 0.3) is 0 Å². The van der Waals surface area contributed by atoms with E-state index in [0.29, 0.717) is 28.9 Å². The highest BCUT2D eigenvalue weighted by atomic mass is 79.9. The standard InChI is InChI=1S/C17H18BrNO3/c1-12(20)19-15-9-14(16(21)10-18)7-8-17(15)22-11-13-5-3-2-4-6-13/h2-9,16,21H,10-11H2,1H3,(H,19,20)/t16-/m0/s1. The van der Waals surface area contributed by atoms with E-state index >= 15 is 0 Å². The summed E-state index contributed by atoms with van der Waals surface area (Å²) in [4.78, 5) is 11.4. The minimum absolute atomic E-state index is 0.185. The van der Waals surface area contributed by atoms with Crippen molar-refractivity contribution < 1.29 is 14.6 Å². The lowest BCUT2D eigenvalue weighted by molar-refractivity contribution is -0.114. The summed E-state index contributed by atoms with van der Waals surface area (Å²) in [5.74, 6) is 0.389. The van der Waals surface area contributed by atoms with E-state index in [1.807, 2.05) is 30.3 Å². The third-order valence-corrected chi connectivity index (χ3v) is 3.70. The van der Waals surface area contributed by atoms with Crippen LogP contribution in [0.1, 0.15) is 24.2 Å². The van der Waals surface area contributed by atoms with E-state index in [1.54, 1.807) is 18.2 Å². The molecule has 0 unspecified atom stereocenters. The number of ether oxygens (including phenoxy) is 1. The second kappa shape index (κ2) is 7.96. The van der Waals surface area contributed by atoms with Gasteiger partial charge in [-0.15, -0.1) is 0 Å². The van der Waals surface area contributed by atoms with Gasteiger partial charge in [-0.2, -0.15) is 0 Å². The number of anilines is 1. The molecule has 116 valence electrons. The molecule has 0 saturated heterocycles. The molecule has 5 heteroatoms. The van der Waals surface area contributed by atoms with Crippen LogP contribution < -0.4 is 10.1 Å². The number of carbonyl (C=O) groups is 1. The molecule has 0 saturated carbocycles. The van der Waals surface area contributed by atoms with Gasteiger partial charge in [-0.1, -0.05) is 52.3 Å². The van der Waals surface area contributed by atoms with Crippen molar-refractivity contribution in [1.82, 2.24) is 0 Å². The molecule has 0 aliphatic heterocycles. The molecule has 0 heterocycles. The molecule has 2 N–H and O–H groups in total. The molecule has 22 heavy (non-hydrogen) atoms. The molecule has 0 spiro atoms. The molecule has 2 rings (SSSR count). The van der Waals surface area contributed by atoms with Crippen LogP contribution in [-0.2, 0) is 11.4 Å². The van der Waals surface area contributed by atoms with Crippen LogP contribution in [0, 0.1) is 0 Å². The topological polar surface area (TPSA) is 58.6 Å². The second-order valence-electron chi connectivity index (χ2n) is 4.88. The first-order chi connectivity index (χ1) is 10.6. The first kappa shape index (κ1) is 16.5. The zero-order chi connectivity index (χ0) is 15.9. The highest BCUT2D eigenvalue weighted by Gasteiger charge is 2.11. The lowest BCUT2D eigenvalue weighted by atomic mass is 10.1. The van der Waals surface area contributed by atoms with Crippen LogP contribution in [0.5, 0.6) is 5.75 Å². The summed E-state index contributed by atoms with van der Waals surface area (Å²) in [7, 11) is 0. The Morgan fingerprint density at radius 1 is 1.27 bits per heavy atom. The molecule has 0 aliphatic rings. The van der Waals surface area contributed by atoms with Crippen molar-refractivity contribution in [1.29, 1.82) is 0 Å². The maximum atomic E-state index is 11.4. The van der Waals surface area contributed by atoms with E-state index in [1.165, 1.54) is 6.92 Å². The Kier molecular flexibility index (Phi) is 5.98. The monoisotopic (exact) mass is 363 g/mol. The minimum Gasteiger partial charge on any atom is -0.487 e. The van der Waals surface area contributed by atoms with Crippen LogP contribution in [0.4, 0.5) is 5.69 Å². The average molecular weight is 364 g/mol. The van der Waals surface area contributed by atoms with Gasteiger partial charge in [0.15, 0.2) is 0 Å². The zero-order valence-electron chi connectivity index (χ0n) is 12.3. The number of nitrogens with one attached hydrogen (secondary N) is 1. The van der Waals surface area contributed by atoms with Crippen LogP contribution in [0.15, 0.2) is 48.5 Å². The van der Waals surface area contributed by atoms with Crippen molar-refractivity contribution in [2.24, 2.45) is 0 Å². The van der Waals surface area contributed by atoms with Crippen molar-refractivity contribution >= 4 is 27.5 Å². The lowest BCUT2D eigenvalue weighted by Gasteiger charge is -2.15. The van der Waals surface area contributed by atoms with E-state index in [0.717, 1.165) is 5.56 Å². The summed E-state index contributed by atoms with van der Waals surface area (Å²) in [6, 6.07) is 15.1. The fourth-order valence-electron chi connectivity index (χ4n) is 1.99. The molecule has 0 fully saturated rings. The highest BCUT2D eigenvalue weighted by Crippen LogP contribution is 2.29. The molecular formula is C17H18BrNO3. The number of hydrogen-bond acceptors (Lipinski definition) is 3. The van der Waals surface area contributed by atoms with Gasteiger partial charge in [0, 0.05) is 12.3 Å². The Labute approximate surface area is 138 Å². The molecule has 1 amide bonds. The van der Waals surface area contributed by atoms with E-state index in [9.17, 15) is 9.90 Å². The molecule has 0 bridgehead atoms. The summed E-state index contributed by atoms with van der Waals surface area (Å²) < 4.78 is 5.78. The maximum Gasteiger partial charge on any atom is 0.221 e. The van der Waals surface area contributed by atoms with Crippen LogP contribution in [-0.4, -0.2) is 16.3 Å². The number of halogens is 1. The lowest BCUT2D eigenvalue weighted by Crippen LogP contribution is -2.09. The summed E-state index contributed by atoms with van der Waals surface area (Å²) in [5, 5.41) is 13.1. The van der Waals surface area contributed by atoms with Gasteiger partial charge in [0.05, 0.1) is 11.8 Å². The van der Waals surface area contributed by atoms with Crippen LogP contribution in [0.2, 0.25) is 0 Å². The zero-order valence-corrected chi connectivity index (χ0v) is 13.8. The van der Waals surface area contributed by atoms with E-state index < -0.39 is 6.10 Å². The van der Waals surface area contributed by atoms with Crippen LogP contribution in [0.3, 0.4) is 0 Å². The molecular weight excluding hydrogens is 346 g/mol. The van der Waals surface area contributed by atoms with Gasteiger partial charge in [-0.25, -0.2) is 0 Å². The van der Waals surface area contributed by atoms with Gasteiger partial charge < -0.3 is 15.2 Å². The number of amides is 1. The van der Waals surface area contributed by atoms with Gasteiger partial charge in [-0.05, 0) is 23.3 Å². The molecule has 4 nitrogen and oxygen atoms in total. The maximum absolute atomic E-state index is 11.4. The summed E-state index contributed by atoms with van der Waals surface area (Å²) >= 11 is 3.24. The predicted octanol–water partition coefficient (Wildman–Crippen LogP) is 3.65. The third-order valence-electron chi connectivity index (χ3n) is 3.08. The smallest absolute Gasteiger partial charge is 0.221 e. The van der Waals surface area contributed by atoms with Crippen molar-refractivity contribution in [2.45, 2.75) is 19.6 Å². The van der Waals surface area contributed by atoms with Crippen molar-refractivity contribution in [3.05, 3.63) is 59.7 Å². The molecule has 0 radical (unpaired) electrons. The second-order valence-corrected chi connectivity index (χ2v) is 5.53. The van der Waals surface area contributed by atoms with E-state index in [2.05, 4.69) is 21.2 Å². The van der Waals surface area contributed by atoms with Gasteiger partial charge in [-0.3, -0.25) is 4.79 Å². The number of hydrogen-bond donors (Lipinski definition) is 2. The fraction of sp³-hybridized carbons (Fsp3) is 0.235. The van der Waals surface area contributed by atoms with Crippen LogP contribution in [0.25, 0.3) is 0 Å². The minimum atomic E-state index is -0.629. The number of rotatable bonds is 6. The Morgan fingerprint density at radius 3 is 2.64 bits per heavy atom. The normalized spacial score (nSPS) is 11.8. The van der Waals surface area contributed by atoms with Crippen molar-refractivity contribution in [3.8, 4) is 5.75 Å². The Morgan fingerprint density at radius 2 is 2.00 bits per heavy atom. The summed E-state index contributed by atoms with van der Waals surface area (Å²) in [5.41, 5.74) is 2.31. The summed E-state index contributed by atoms with van der Waals surface area (Å²) in [6.07, 6.45) is -0.629. The quantitative estimate of drug-likeness (QED) is 0.770. The SMILES string of the molecule is CC(=O)Nc1cc([C@@H](O)CBr)ccc1OCc1ccccc1. The fourth-order valence-corrected chi connectivity index (χ4v) is 2.37. The van der Waals surface area contributed by atoms with Crippen LogP contribution >= 0.6 is 15.9 Å². The first-order valence-corrected chi connectivity index (χ1v) is 8.04. The van der Waals surface area contributed by atoms with Crippen molar-refractivity contribution in [2.75, 3.05) is 10.6 Å². The Bertz CT molecular complexity index is 631. The van der Waals surface area contributed by atoms with Gasteiger partial charge in [0.2, 0.25) is 5.91 Å². The Hall–Kier alpha value is -1.85. The number of alkyl halides is 1. The molecule has 1 atom stereocenters. The van der Waals surface area contributed by atoms with Gasteiger partial charge >= 0.3 is 0 Å². The third kappa shape index (κ3) is 4.58.